The van der Waals surface area contributed by atoms with Gasteiger partial charge in [0.1, 0.15) is 17.5 Å². The summed E-state index contributed by atoms with van der Waals surface area (Å²) in [5, 5.41) is 2.37. The molecule has 29 heavy (non-hydrogen) atoms. The molecule has 1 heterocycles. The Balaban J connectivity index is 2.40. The van der Waals surface area contributed by atoms with E-state index in [0.717, 1.165) is 32.2 Å². The topological polar surface area (TPSA) is 102 Å². The van der Waals surface area contributed by atoms with Crippen molar-refractivity contribution < 1.29 is 18.0 Å². The first-order valence-electron chi connectivity index (χ1n) is 8.34. The first-order valence-corrected chi connectivity index (χ1v) is 8.34. The molecule has 8 nitrogen and oxygen atoms in total. The molecule has 2 rings (SSSR count). The molecule has 1 aromatic heterocycles. The monoisotopic (exact) mass is 411 g/mol. The number of nitrogens with two attached hydrogens (primary N) is 1. The molecule has 0 aliphatic rings. The van der Waals surface area contributed by atoms with Crippen molar-refractivity contribution in [3.63, 3.8) is 0 Å². The third-order valence-electron chi connectivity index (χ3n) is 4.39. The van der Waals surface area contributed by atoms with Gasteiger partial charge in [0, 0.05) is 19.8 Å². The number of aromatic nitrogens is 2. The zero-order chi connectivity index (χ0) is 22.1. The van der Waals surface area contributed by atoms with Crippen LogP contribution in [0.2, 0.25) is 0 Å². The molecule has 0 saturated heterocycles. The largest absolute Gasteiger partial charge is 0.416 e. The molecular weight excluding hydrogens is 391 g/mol. The van der Waals surface area contributed by atoms with E-state index in [1.54, 1.807) is 0 Å². The molecule has 1 unspecified atom stereocenters. The third kappa shape index (κ3) is 4.18. The summed E-state index contributed by atoms with van der Waals surface area (Å²) < 4.78 is 40.4. The van der Waals surface area contributed by atoms with E-state index < -0.39 is 34.9 Å². The number of halogens is 3. The zero-order valence-electron chi connectivity index (χ0n) is 15.9. The number of anilines is 3. The van der Waals surface area contributed by atoms with Gasteiger partial charge in [0.2, 0.25) is 5.91 Å². The molecule has 3 N–H and O–H groups in total. The van der Waals surface area contributed by atoms with Crippen molar-refractivity contribution in [2.24, 2.45) is 14.1 Å². The second-order valence-electron chi connectivity index (χ2n) is 6.27. The van der Waals surface area contributed by atoms with Gasteiger partial charge in [-0.25, -0.2) is 4.79 Å². The average Bonchev–Trinajstić information content (AvgIpc) is 2.67. The van der Waals surface area contributed by atoms with E-state index in [0.29, 0.717) is 0 Å². The third-order valence-corrected chi connectivity index (χ3v) is 4.39. The van der Waals surface area contributed by atoms with Gasteiger partial charge in [-0.3, -0.25) is 18.7 Å². The number of benzene rings is 1. The minimum atomic E-state index is -4.56. The molecule has 0 aliphatic carbocycles. The maximum Gasteiger partial charge on any atom is 0.416 e. The van der Waals surface area contributed by atoms with Gasteiger partial charge in [-0.05, 0) is 31.3 Å². The molecule has 11 heteroatoms. The summed E-state index contributed by atoms with van der Waals surface area (Å²) in [6.45, 7) is 4.98. The number of nitrogen functional groups attached to an aromatic ring is 1. The maximum absolute atomic E-state index is 12.9. The zero-order valence-corrected chi connectivity index (χ0v) is 15.9. The lowest BCUT2D eigenvalue weighted by molar-refractivity contribution is -0.137. The minimum Gasteiger partial charge on any atom is -0.383 e. The second-order valence-corrected chi connectivity index (χ2v) is 6.27. The fourth-order valence-corrected chi connectivity index (χ4v) is 2.67. The van der Waals surface area contributed by atoms with Gasteiger partial charge in [-0.15, -0.1) is 0 Å². The molecule has 0 aliphatic heterocycles. The van der Waals surface area contributed by atoms with Crippen LogP contribution in [-0.4, -0.2) is 21.1 Å². The Labute approximate surface area is 163 Å². The molecule has 0 bridgehead atoms. The Bertz CT molecular complexity index is 1070. The maximum atomic E-state index is 12.9. The van der Waals surface area contributed by atoms with Gasteiger partial charge < -0.3 is 16.0 Å². The summed E-state index contributed by atoms with van der Waals surface area (Å²) in [4.78, 5) is 38.2. The summed E-state index contributed by atoms with van der Waals surface area (Å²) >= 11 is 0. The molecule has 1 amide bonds. The van der Waals surface area contributed by atoms with Gasteiger partial charge >= 0.3 is 11.9 Å². The van der Waals surface area contributed by atoms with Crippen LogP contribution >= 0.6 is 0 Å². The molecule has 0 fully saturated rings. The van der Waals surface area contributed by atoms with Crippen molar-refractivity contribution in [2.75, 3.05) is 16.0 Å². The molecule has 156 valence electrons. The molecule has 0 saturated carbocycles. The second kappa shape index (κ2) is 7.86. The SMILES string of the molecule is C=CN(c1c(N)n(C)c(=O)n(C)c1=O)C(C)C(=O)Nc1cccc(C(F)(F)F)c1. The lowest BCUT2D eigenvalue weighted by atomic mass is 10.2. The number of hydrogen-bond acceptors (Lipinski definition) is 5. The van der Waals surface area contributed by atoms with E-state index in [-0.39, 0.29) is 17.2 Å². The Morgan fingerprint density at radius 1 is 1.28 bits per heavy atom. The smallest absolute Gasteiger partial charge is 0.383 e. The highest BCUT2D eigenvalue weighted by Gasteiger charge is 2.31. The first-order chi connectivity index (χ1) is 13.4. The number of rotatable bonds is 5. The fraction of sp³-hybridized carbons (Fsp3) is 0.278. The van der Waals surface area contributed by atoms with Gasteiger partial charge in [0.15, 0.2) is 0 Å². The number of amides is 1. The van der Waals surface area contributed by atoms with Crippen molar-refractivity contribution in [2.45, 2.75) is 19.1 Å². The minimum absolute atomic E-state index is 0.0676. The summed E-state index contributed by atoms with van der Waals surface area (Å²) in [5.74, 6) is -0.892. The van der Waals surface area contributed by atoms with Crippen LogP contribution in [0.4, 0.5) is 30.4 Å². The van der Waals surface area contributed by atoms with Crippen molar-refractivity contribution in [1.29, 1.82) is 0 Å². The highest BCUT2D eigenvalue weighted by molar-refractivity contribution is 5.97. The number of carbonyl (C=O) groups excluding carboxylic acids is 1. The number of nitrogens with one attached hydrogen (secondary N) is 1. The van der Waals surface area contributed by atoms with Crippen LogP contribution in [0.15, 0.2) is 46.6 Å². The van der Waals surface area contributed by atoms with Crippen LogP contribution in [0.1, 0.15) is 12.5 Å². The lowest BCUT2D eigenvalue weighted by Gasteiger charge is -2.28. The Kier molecular flexibility index (Phi) is 5.90. The van der Waals surface area contributed by atoms with Gasteiger partial charge in [-0.1, -0.05) is 12.6 Å². The number of alkyl halides is 3. The van der Waals surface area contributed by atoms with Crippen molar-refractivity contribution >= 4 is 23.1 Å². The molecule has 2 aromatic rings. The van der Waals surface area contributed by atoms with E-state index in [1.165, 1.54) is 33.3 Å². The predicted molar refractivity (Wildman–Crippen MR) is 104 cm³/mol. The van der Waals surface area contributed by atoms with E-state index in [9.17, 15) is 27.6 Å². The molecule has 1 aromatic carbocycles. The van der Waals surface area contributed by atoms with Crippen LogP contribution in [0.25, 0.3) is 0 Å². The summed E-state index contributed by atoms with van der Waals surface area (Å²) in [7, 11) is 2.61. The summed E-state index contributed by atoms with van der Waals surface area (Å²) in [6.07, 6.45) is -3.39. The first kappa shape index (κ1) is 21.8. The quantitative estimate of drug-likeness (QED) is 0.779. The fourth-order valence-electron chi connectivity index (χ4n) is 2.67. The number of carbonyl (C=O) groups is 1. The van der Waals surface area contributed by atoms with Crippen molar-refractivity contribution in [3.05, 3.63) is 63.4 Å². The number of hydrogen-bond donors (Lipinski definition) is 2. The van der Waals surface area contributed by atoms with Crippen LogP contribution < -0.4 is 27.2 Å². The van der Waals surface area contributed by atoms with E-state index in [4.69, 9.17) is 5.73 Å². The van der Waals surface area contributed by atoms with Gasteiger partial charge in [0.25, 0.3) is 5.56 Å². The molecule has 1 atom stereocenters. The average molecular weight is 411 g/mol. The molecule has 0 radical (unpaired) electrons. The Hall–Kier alpha value is -3.50. The van der Waals surface area contributed by atoms with Crippen LogP contribution in [-0.2, 0) is 25.1 Å². The highest BCUT2D eigenvalue weighted by Crippen LogP contribution is 2.30. The molecule has 0 spiro atoms. The standard InChI is InChI=1S/C18H20F3N5O3/c1-5-26(13-14(22)24(3)17(29)25(4)16(13)28)10(2)15(27)23-12-8-6-7-11(9-12)18(19,20)21/h5-10H,1,22H2,2-4H3,(H,23,27). The van der Waals surface area contributed by atoms with Crippen LogP contribution in [0.5, 0.6) is 0 Å². The predicted octanol–water partition coefficient (Wildman–Crippen LogP) is 1.66. The van der Waals surface area contributed by atoms with Crippen LogP contribution in [0.3, 0.4) is 0 Å². The van der Waals surface area contributed by atoms with Gasteiger partial charge in [-0.2, -0.15) is 13.2 Å². The van der Waals surface area contributed by atoms with E-state index in [1.807, 2.05) is 0 Å². The summed E-state index contributed by atoms with van der Waals surface area (Å²) in [6, 6.07) is 3.06. The molecular formula is C18H20F3N5O3. The van der Waals surface area contributed by atoms with Crippen LogP contribution in [0, 0.1) is 0 Å². The Morgan fingerprint density at radius 2 is 1.90 bits per heavy atom. The normalized spacial score (nSPS) is 12.3. The summed E-state index contributed by atoms with van der Waals surface area (Å²) in [5.41, 5.74) is 3.35. The Morgan fingerprint density at radius 3 is 2.45 bits per heavy atom. The lowest BCUT2D eigenvalue weighted by Crippen LogP contribution is -2.46. The van der Waals surface area contributed by atoms with Crippen molar-refractivity contribution in [1.82, 2.24) is 9.13 Å². The van der Waals surface area contributed by atoms with E-state index >= 15 is 0 Å². The number of nitrogens with zero attached hydrogens (tertiary/aromatic N) is 3. The van der Waals surface area contributed by atoms with Gasteiger partial charge in [0.05, 0.1) is 5.56 Å². The highest BCUT2D eigenvalue weighted by atomic mass is 19.4. The van der Waals surface area contributed by atoms with Crippen molar-refractivity contribution in [3.8, 4) is 0 Å². The van der Waals surface area contributed by atoms with E-state index in [2.05, 4.69) is 11.9 Å².